The highest BCUT2D eigenvalue weighted by molar-refractivity contribution is 7.12. The molecule has 0 aliphatic rings. The molecule has 14 heavy (non-hydrogen) atoms. The molecule has 1 aromatic heterocycles. The van der Waals surface area contributed by atoms with Crippen LogP contribution in [0.1, 0.15) is 9.67 Å². The Morgan fingerprint density at radius 3 is 2.86 bits per heavy atom. The summed E-state index contributed by atoms with van der Waals surface area (Å²) in [4.78, 5) is 22.4. The van der Waals surface area contributed by atoms with E-state index in [1.54, 1.807) is 17.5 Å². The smallest absolute Gasteiger partial charge is 0.409 e. The number of carbonyl (C=O) groups is 2. The van der Waals surface area contributed by atoms with Crippen LogP contribution < -0.4 is 5.32 Å². The molecule has 0 radical (unpaired) electrons. The summed E-state index contributed by atoms with van der Waals surface area (Å²) in [6.45, 7) is 0. The lowest BCUT2D eigenvalue weighted by molar-refractivity contribution is 0.0655. The van der Waals surface area contributed by atoms with E-state index in [4.69, 9.17) is 0 Å². The Labute approximate surface area is 84.3 Å². The van der Waals surface area contributed by atoms with Crippen molar-refractivity contribution in [3.05, 3.63) is 22.4 Å². The Kier molecular flexibility index (Phi) is 3.61. The van der Waals surface area contributed by atoms with Crippen molar-refractivity contribution in [2.24, 2.45) is 0 Å². The van der Waals surface area contributed by atoms with E-state index in [0.717, 1.165) is 7.11 Å². The van der Waals surface area contributed by atoms with E-state index in [0.29, 0.717) is 4.88 Å². The van der Waals surface area contributed by atoms with Gasteiger partial charge in [0.25, 0.3) is 0 Å². The number of hydrogen-bond acceptors (Lipinski definition) is 5. The van der Waals surface area contributed by atoms with Gasteiger partial charge in [0.1, 0.15) is 0 Å². The Hall–Kier alpha value is -1.40. The molecule has 6 heteroatoms. The molecule has 76 valence electrons. The third kappa shape index (κ3) is 2.54. The minimum absolute atomic E-state index is 0.383. The van der Waals surface area contributed by atoms with Gasteiger partial charge in [-0.05, 0) is 11.4 Å². The predicted octanol–water partition coefficient (Wildman–Crippen LogP) is 0.605. The van der Waals surface area contributed by atoms with Crippen LogP contribution in [0.4, 0.5) is 4.79 Å². The third-order valence-electron chi connectivity index (χ3n) is 1.45. The number of thiophene rings is 1. The molecule has 1 amide bonds. The molecule has 0 saturated carbocycles. The second-order valence-corrected chi connectivity index (χ2v) is 3.33. The fraction of sp³-hybridized carbons (Fsp3) is 0.250. The average molecular weight is 215 g/mol. The highest BCUT2D eigenvalue weighted by Crippen LogP contribution is 2.10. The van der Waals surface area contributed by atoms with Crippen LogP contribution in [-0.4, -0.2) is 30.3 Å². The first kappa shape index (κ1) is 10.7. The van der Waals surface area contributed by atoms with Crippen molar-refractivity contribution in [1.29, 1.82) is 0 Å². The van der Waals surface area contributed by atoms with Crippen molar-refractivity contribution >= 4 is 23.2 Å². The second kappa shape index (κ2) is 4.73. The van der Waals surface area contributed by atoms with Crippen molar-refractivity contribution in [3.63, 3.8) is 0 Å². The zero-order valence-corrected chi connectivity index (χ0v) is 8.21. The monoisotopic (exact) mass is 215 g/mol. The quantitative estimate of drug-likeness (QED) is 0.572. The molecule has 0 unspecified atom stereocenters. The first-order valence-corrected chi connectivity index (χ1v) is 4.63. The van der Waals surface area contributed by atoms with Gasteiger partial charge in [0.05, 0.1) is 12.0 Å². The minimum Gasteiger partial charge on any atom is -0.453 e. The molecule has 0 aliphatic carbocycles. The summed E-state index contributed by atoms with van der Waals surface area (Å²) in [6.07, 6.45) is -2.40. The van der Waals surface area contributed by atoms with E-state index in [1.807, 2.05) is 5.32 Å². The number of ether oxygens (including phenoxy) is 1. The zero-order chi connectivity index (χ0) is 10.6. The molecule has 2 N–H and O–H groups in total. The molecule has 0 fully saturated rings. The summed E-state index contributed by atoms with van der Waals surface area (Å²) in [5.74, 6) is -0.551. The van der Waals surface area contributed by atoms with Gasteiger partial charge in [0.2, 0.25) is 5.78 Å². The van der Waals surface area contributed by atoms with E-state index < -0.39 is 18.1 Å². The summed E-state index contributed by atoms with van der Waals surface area (Å²) < 4.78 is 4.23. The molecule has 0 spiro atoms. The molecular formula is C8H9NO4S. The van der Waals surface area contributed by atoms with Crippen molar-refractivity contribution < 1.29 is 19.4 Å². The van der Waals surface area contributed by atoms with Gasteiger partial charge in [-0.3, -0.25) is 10.1 Å². The fourth-order valence-corrected chi connectivity index (χ4v) is 1.48. The van der Waals surface area contributed by atoms with Crippen molar-refractivity contribution in [2.45, 2.75) is 6.23 Å². The van der Waals surface area contributed by atoms with Crippen molar-refractivity contribution in [3.8, 4) is 0 Å². The van der Waals surface area contributed by atoms with Crippen LogP contribution in [0, 0.1) is 0 Å². The largest absolute Gasteiger partial charge is 0.453 e. The summed E-state index contributed by atoms with van der Waals surface area (Å²) in [5, 5.41) is 12.9. The fourth-order valence-electron chi connectivity index (χ4n) is 0.790. The maximum Gasteiger partial charge on any atom is 0.409 e. The van der Waals surface area contributed by atoms with Crippen LogP contribution >= 0.6 is 11.3 Å². The van der Waals surface area contributed by atoms with Gasteiger partial charge in [0, 0.05) is 0 Å². The van der Waals surface area contributed by atoms with Crippen LogP contribution in [0.2, 0.25) is 0 Å². The number of aliphatic hydroxyl groups is 1. The third-order valence-corrected chi connectivity index (χ3v) is 2.34. The van der Waals surface area contributed by atoms with Gasteiger partial charge in [-0.1, -0.05) is 6.07 Å². The normalized spacial score (nSPS) is 11.9. The van der Waals surface area contributed by atoms with E-state index in [1.165, 1.54) is 11.3 Å². The van der Waals surface area contributed by atoms with E-state index >= 15 is 0 Å². The number of ketones is 1. The maximum atomic E-state index is 11.3. The molecule has 1 rings (SSSR count). The minimum atomic E-state index is -1.55. The summed E-state index contributed by atoms with van der Waals surface area (Å²) in [5.41, 5.74) is 0. The number of Topliss-reactive ketones (excluding diaryl/α,β-unsaturated/α-hetero) is 1. The lowest BCUT2D eigenvalue weighted by Crippen LogP contribution is -2.40. The molecule has 1 atom stereocenters. The molecule has 5 nitrogen and oxygen atoms in total. The van der Waals surface area contributed by atoms with E-state index in [-0.39, 0.29) is 0 Å². The van der Waals surface area contributed by atoms with Gasteiger partial charge >= 0.3 is 6.09 Å². The van der Waals surface area contributed by atoms with Crippen LogP contribution in [-0.2, 0) is 4.74 Å². The summed E-state index contributed by atoms with van der Waals surface area (Å²) in [7, 11) is 1.15. The van der Waals surface area contributed by atoms with Gasteiger partial charge < -0.3 is 9.84 Å². The molecule has 0 aromatic carbocycles. The Balaban J connectivity index is 2.58. The lowest BCUT2D eigenvalue weighted by atomic mass is 10.3. The molecule has 0 saturated heterocycles. The molecule has 1 aromatic rings. The van der Waals surface area contributed by atoms with Gasteiger partial charge in [-0.2, -0.15) is 0 Å². The number of alkyl carbamates (subject to hydrolysis) is 1. The number of carbonyl (C=O) groups excluding carboxylic acids is 2. The maximum absolute atomic E-state index is 11.3. The first-order chi connectivity index (χ1) is 6.65. The standard InChI is InChI=1S/C8H9NO4S/c1-13-8(12)9-7(11)6(10)5-3-2-4-14-5/h2-4,7,11H,1H3,(H,9,12)/t7-/m1/s1. The van der Waals surface area contributed by atoms with Gasteiger partial charge in [0.15, 0.2) is 6.23 Å². The molecule has 1 heterocycles. The van der Waals surface area contributed by atoms with Crippen molar-refractivity contribution in [1.82, 2.24) is 5.32 Å². The Morgan fingerprint density at radius 2 is 2.36 bits per heavy atom. The van der Waals surface area contributed by atoms with Crippen LogP contribution in [0.25, 0.3) is 0 Å². The first-order valence-electron chi connectivity index (χ1n) is 3.75. The highest BCUT2D eigenvalue weighted by atomic mass is 32.1. The molecule has 0 aliphatic heterocycles. The van der Waals surface area contributed by atoms with Gasteiger partial charge in [-0.15, -0.1) is 11.3 Å². The number of methoxy groups -OCH3 is 1. The molecular weight excluding hydrogens is 206 g/mol. The van der Waals surface area contributed by atoms with E-state index in [9.17, 15) is 14.7 Å². The molecule has 0 bridgehead atoms. The van der Waals surface area contributed by atoms with Crippen LogP contribution in [0.5, 0.6) is 0 Å². The lowest BCUT2D eigenvalue weighted by Gasteiger charge is -2.08. The zero-order valence-electron chi connectivity index (χ0n) is 7.39. The average Bonchev–Trinajstić information content (AvgIpc) is 2.69. The second-order valence-electron chi connectivity index (χ2n) is 2.38. The highest BCUT2D eigenvalue weighted by Gasteiger charge is 2.19. The van der Waals surface area contributed by atoms with Crippen molar-refractivity contribution in [2.75, 3.05) is 7.11 Å². The number of hydrogen-bond donors (Lipinski definition) is 2. The van der Waals surface area contributed by atoms with Crippen LogP contribution in [0.15, 0.2) is 17.5 Å². The Morgan fingerprint density at radius 1 is 1.64 bits per heavy atom. The topological polar surface area (TPSA) is 75.6 Å². The van der Waals surface area contributed by atoms with Crippen LogP contribution in [0.3, 0.4) is 0 Å². The SMILES string of the molecule is COC(=O)N[C@H](O)C(=O)c1cccs1. The number of nitrogens with one attached hydrogen (secondary N) is 1. The summed E-state index contributed by atoms with van der Waals surface area (Å²) in [6, 6.07) is 3.25. The number of rotatable bonds is 3. The number of aliphatic hydroxyl groups excluding tert-OH is 1. The van der Waals surface area contributed by atoms with Gasteiger partial charge in [-0.25, -0.2) is 4.79 Å². The number of amides is 1. The summed E-state index contributed by atoms with van der Waals surface area (Å²) >= 11 is 1.19. The van der Waals surface area contributed by atoms with E-state index in [2.05, 4.69) is 4.74 Å². The predicted molar refractivity (Wildman–Crippen MR) is 50.2 cm³/mol. The Bertz CT molecular complexity index is 322.